The Kier molecular flexibility index (Phi) is 5.40. The number of guanidine groups is 1. The van der Waals surface area contributed by atoms with Crippen LogP contribution in [0.15, 0.2) is 54.3 Å². The average Bonchev–Trinajstić information content (AvgIpc) is 3.52. The third-order valence-electron chi connectivity index (χ3n) is 7.20. The lowest BCUT2D eigenvalue weighted by molar-refractivity contribution is 0.0966. The number of aliphatic imine (C=N–C) groups is 1. The maximum Gasteiger partial charge on any atom is 0.252 e. The van der Waals surface area contributed by atoms with Gasteiger partial charge in [0.25, 0.3) is 5.91 Å². The second kappa shape index (κ2) is 8.65. The molecule has 0 saturated carbocycles. The number of hydrogen-bond donors (Lipinski definition) is 3. The number of benzene rings is 2. The Morgan fingerprint density at radius 3 is 2.92 bits per heavy atom. The summed E-state index contributed by atoms with van der Waals surface area (Å²) in [5.41, 5.74) is 15.7. The average molecular weight is 494 g/mol. The van der Waals surface area contributed by atoms with E-state index in [0.29, 0.717) is 18.4 Å². The van der Waals surface area contributed by atoms with Gasteiger partial charge in [-0.3, -0.25) is 9.48 Å². The minimum absolute atomic E-state index is 0.00530. The molecule has 2 aromatic heterocycles. The van der Waals surface area contributed by atoms with Crippen LogP contribution in [0.4, 0.5) is 5.69 Å². The van der Waals surface area contributed by atoms with Gasteiger partial charge in [-0.1, -0.05) is 26.5 Å². The number of hydrogen-bond acceptors (Lipinski definition) is 3. The topological polar surface area (TPSA) is 102 Å². The van der Waals surface area contributed by atoms with Gasteiger partial charge in [0, 0.05) is 65.6 Å². The molecule has 4 N–H and O–H groups in total. The van der Waals surface area contributed by atoms with Gasteiger partial charge >= 0.3 is 0 Å². The molecule has 2 aliphatic rings. The molecule has 0 saturated heterocycles. The first-order chi connectivity index (χ1) is 17.9. The Morgan fingerprint density at radius 1 is 1.30 bits per heavy atom. The number of rotatable bonds is 5. The van der Waals surface area contributed by atoms with Crippen molar-refractivity contribution < 1.29 is 4.79 Å². The van der Waals surface area contributed by atoms with E-state index in [9.17, 15) is 4.79 Å². The number of aryl methyl sites for hydroxylation is 3. The summed E-state index contributed by atoms with van der Waals surface area (Å²) in [6.45, 7) is 9.54. The van der Waals surface area contributed by atoms with Crippen molar-refractivity contribution in [2.24, 2.45) is 23.7 Å². The van der Waals surface area contributed by atoms with Crippen molar-refractivity contribution >= 4 is 39.4 Å². The number of nitrogens with zero attached hydrogens (tertiary/aromatic N) is 4. The lowest BCUT2D eigenvalue weighted by Gasteiger charge is -2.22. The summed E-state index contributed by atoms with van der Waals surface area (Å²) >= 11 is 0. The molecule has 0 spiro atoms. The molecule has 0 unspecified atom stereocenters. The summed E-state index contributed by atoms with van der Waals surface area (Å²) in [6, 6.07) is 6.31. The fraction of sp³-hybridized carbons (Fsp3) is 0.276. The van der Waals surface area contributed by atoms with Crippen LogP contribution in [0.1, 0.15) is 41.0 Å². The number of nitrogens with two attached hydrogens (primary N) is 1. The van der Waals surface area contributed by atoms with E-state index in [1.165, 1.54) is 11.1 Å². The maximum absolute atomic E-state index is 13.3. The molecule has 0 atom stereocenters. The van der Waals surface area contributed by atoms with Gasteiger partial charge in [-0.05, 0) is 54.2 Å². The fourth-order valence-electron chi connectivity index (χ4n) is 5.91. The summed E-state index contributed by atoms with van der Waals surface area (Å²) in [6.07, 6.45) is 8.75. The monoisotopic (exact) mass is 493 g/mol. The van der Waals surface area contributed by atoms with E-state index >= 15 is 0 Å². The van der Waals surface area contributed by atoms with Crippen molar-refractivity contribution in [3.63, 3.8) is 0 Å². The Hall–Kier alpha value is -4.33. The normalized spacial score (nSPS) is 14.9. The van der Waals surface area contributed by atoms with Crippen molar-refractivity contribution in [3.8, 4) is 11.1 Å². The number of carbonyl (C=O) groups is 1. The van der Waals surface area contributed by atoms with Crippen LogP contribution in [0.25, 0.3) is 32.9 Å². The van der Waals surface area contributed by atoms with E-state index in [0.717, 1.165) is 69.3 Å². The Labute approximate surface area is 215 Å². The highest BCUT2D eigenvalue weighted by molar-refractivity contribution is 6.20. The molecule has 1 amide bonds. The minimum Gasteiger partial charge on any atom is -0.369 e. The molecule has 1 aliphatic heterocycles. The number of aromatic nitrogens is 3. The maximum atomic E-state index is 13.3. The molecule has 188 valence electrons. The molecular formula is C29H31N7O. The first-order valence-corrected chi connectivity index (χ1v) is 12.7. The van der Waals surface area contributed by atoms with Crippen molar-refractivity contribution in [3.05, 3.63) is 71.7 Å². The minimum atomic E-state index is -0.00530. The van der Waals surface area contributed by atoms with E-state index in [4.69, 9.17) is 10.8 Å². The summed E-state index contributed by atoms with van der Waals surface area (Å²) < 4.78 is 4.31. The SMILES string of the molecule is C=C/C=C\N=C(N)Nc1ccc2c(c1)c1c3c(c4c(c1n2CC(C)C)CCc1nn(C)cc1-4)C(=O)NC3. The summed E-state index contributed by atoms with van der Waals surface area (Å²) in [7, 11) is 1.95. The van der Waals surface area contributed by atoms with Crippen molar-refractivity contribution in [2.75, 3.05) is 5.32 Å². The number of amides is 1. The van der Waals surface area contributed by atoms with Crippen LogP contribution < -0.4 is 16.4 Å². The highest BCUT2D eigenvalue weighted by Crippen LogP contribution is 2.47. The molecule has 2 aromatic carbocycles. The van der Waals surface area contributed by atoms with Gasteiger partial charge in [0.1, 0.15) is 0 Å². The predicted molar refractivity (Wildman–Crippen MR) is 150 cm³/mol. The molecule has 6 rings (SSSR count). The van der Waals surface area contributed by atoms with E-state index < -0.39 is 0 Å². The first kappa shape index (κ1) is 23.1. The molecule has 1 aliphatic carbocycles. The first-order valence-electron chi connectivity index (χ1n) is 12.7. The van der Waals surface area contributed by atoms with Gasteiger partial charge in [0.05, 0.1) is 16.8 Å². The molecular weight excluding hydrogens is 462 g/mol. The zero-order valence-electron chi connectivity index (χ0n) is 21.4. The number of fused-ring (bicyclic) bond motifs is 10. The molecule has 0 bridgehead atoms. The van der Waals surface area contributed by atoms with Crippen molar-refractivity contribution in [2.45, 2.75) is 39.8 Å². The largest absolute Gasteiger partial charge is 0.369 e. The predicted octanol–water partition coefficient (Wildman–Crippen LogP) is 4.62. The Morgan fingerprint density at radius 2 is 2.14 bits per heavy atom. The second-order valence-electron chi connectivity index (χ2n) is 10.2. The van der Waals surface area contributed by atoms with Crippen LogP contribution in [0.3, 0.4) is 0 Å². The molecule has 3 heterocycles. The van der Waals surface area contributed by atoms with Gasteiger partial charge in [-0.15, -0.1) is 0 Å². The standard InChI is InChI=1S/C29H31N7O/c1-5-6-11-31-29(30)33-17-7-10-23-19(12-17)25-20-13-32-28(37)26(20)24-18(27(25)36(23)14-16(2)3)8-9-22-21(24)15-35(4)34-22/h5-7,10-12,15-16H,1,8-9,13-14H2,2-4H3,(H,32,37)(H3,30,31,33)/b11-6-. The summed E-state index contributed by atoms with van der Waals surface area (Å²) in [4.78, 5) is 17.5. The zero-order valence-corrected chi connectivity index (χ0v) is 21.4. The highest BCUT2D eigenvalue weighted by Gasteiger charge is 2.35. The number of nitrogens with one attached hydrogen (secondary N) is 2. The van der Waals surface area contributed by atoms with Crippen LogP contribution >= 0.6 is 0 Å². The third kappa shape index (κ3) is 3.63. The summed E-state index contributed by atoms with van der Waals surface area (Å²) in [5.74, 6) is 0.749. The fourth-order valence-corrected chi connectivity index (χ4v) is 5.91. The van der Waals surface area contributed by atoms with E-state index in [1.54, 1.807) is 18.4 Å². The molecule has 37 heavy (non-hydrogen) atoms. The number of anilines is 1. The smallest absolute Gasteiger partial charge is 0.252 e. The lowest BCUT2D eigenvalue weighted by atomic mass is 9.82. The molecule has 4 aromatic rings. The van der Waals surface area contributed by atoms with Gasteiger partial charge in [0.15, 0.2) is 5.96 Å². The summed E-state index contributed by atoms with van der Waals surface area (Å²) in [5, 5.41) is 13.3. The number of allylic oxidation sites excluding steroid dienone is 2. The van der Waals surface area contributed by atoms with Crippen LogP contribution in [0, 0.1) is 5.92 Å². The zero-order chi connectivity index (χ0) is 25.8. The second-order valence-corrected chi connectivity index (χ2v) is 10.2. The van der Waals surface area contributed by atoms with E-state index in [1.807, 2.05) is 17.8 Å². The highest BCUT2D eigenvalue weighted by atomic mass is 16.1. The van der Waals surface area contributed by atoms with Crippen LogP contribution in [0.5, 0.6) is 0 Å². The van der Waals surface area contributed by atoms with Gasteiger partial charge in [-0.2, -0.15) is 5.10 Å². The van der Waals surface area contributed by atoms with Crippen LogP contribution in [-0.2, 0) is 33.0 Å². The van der Waals surface area contributed by atoms with Gasteiger partial charge in [-0.25, -0.2) is 4.99 Å². The van der Waals surface area contributed by atoms with Gasteiger partial charge < -0.3 is 20.9 Å². The quantitative estimate of drug-likeness (QED) is 0.214. The molecule has 8 nitrogen and oxygen atoms in total. The lowest BCUT2D eigenvalue weighted by Crippen LogP contribution is -2.21. The van der Waals surface area contributed by atoms with Crippen LogP contribution in [0.2, 0.25) is 0 Å². The number of carbonyl (C=O) groups excluding carboxylic acids is 1. The molecule has 8 heteroatoms. The van der Waals surface area contributed by atoms with Crippen LogP contribution in [-0.4, -0.2) is 26.2 Å². The van der Waals surface area contributed by atoms with E-state index in [-0.39, 0.29) is 5.91 Å². The van der Waals surface area contributed by atoms with E-state index in [2.05, 4.69) is 58.9 Å². The van der Waals surface area contributed by atoms with Crippen molar-refractivity contribution in [1.82, 2.24) is 19.7 Å². The molecule has 0 fully saturated rings. The van der Waals surface area contributed by atoms with Crippen molar-refractivity contribution in [1.29, 1.82) is 0 Å². The molecule has 0 radical (unpaired) electrons. The Bertz CT molecular complexity index is 1670. The van der Waals surface area contributed by atoms with Gasteiger partial charge in [0.2, 0.25) is 0 Å². The third-order valence-corrected chi connectivity index (χ3v) is 7.20. The Balaban J connectivity index is 1.66.